The number of nitrogens with two attached hydrogens (primary N) is 1. The molecule has 0 aromatic carbocycles. The Morgan fingerprint density at radius 2 is 1.76 bits per heavy atom. The van der Waals surface area contributed by atoms with E-state index in [1.54, 1.807) is 4.68 Å². The quantitative estimate of drug-likeness (QED) is 0.858. The van der Waals surface area contributed by atoms with Crippen LogP contribution in [0.25, 0.3) is 0 Å². The van der Waals surface area contributed by atoms with Gasteiger partial charge in [0.2, 0.25) is 0 Å². The summed E-state index contributed by atoms with van der Waals surface area (Å²) in [4.78, 5) is 12.1. The summed E-state index contributed by atoms with van der Waals surface area (Å²) in [5.41, 5.74) is 7.33. The molecule has 1 heterocycles. The molecule has 2 N–H and O–H groups in total. The molecule has 0 saturated heterocycles. The number of hydrogen-bond acceptors (Lipinski definition) is 2. The summed E-state index contributed by atoms with van der Waals surface area (Å²) in [6.07, 6.45) is 1.01. The van der Waals surface area contributed by atoms with E-state index in [0.29, 0.717) is 11.6 Å². The molecule has 0 aliphatic carbocycles. The highest BCUT2D eigenvalue weighted by atomic mass is 16.1. The molecule has 0 amide bonds. The molecule has 0 aliphatic heterocycles. The Bertz CT molecular complexity index is 427. The number of rotatable bonds is 5. The number of hydrogen-bond donors (Lipinski definition) is 1. The van der Waals surface area contributed by atoms with Gasteiger partial charge in [0, 0.05) is 13.1 Å². The first-order chi connectivity index (χ1) is 7.90. The van der Waals surface area contributed by atoms with Crippen LogP contribution in [0.1, 0.15) is 52.7 Å². The standard InChI is InChI=1S/C13H25N3O/c1-6-7-15-12(10(4)5)11(14)13(17)16(15)8-9(2)3/h9-10H,6-8,14H2,1-5H3. The molecule has 0 radical (unpaired) electrons. The molecule has 98 valence electrons. The van der Waals surface area contributed by atoms with Crippen LogP contribution in [0.3, 0.4) is 0 Å². The van der Waals surface area contributed by atoms with Crippen molar-refractivity contribution in [3.63, 3.8) is 0 Å². The van der Waals surface area contributed by atoms with Gasteiger partial charge in [-0.25, -0.2) is 4.68 Å². The smallest absolute Gasteiger partial charge is 0.290 e. The zero-order chi connectivity index (χ0) is 13.2. The van der Waals surface area contributed by atoms with Crippen LogP contribution in [0.4, 0.5) is 5.69 Å². The topological polar surface area (TPSA) is 52.9 Å². The highest BCUT2D eigenvalue weighted by Crippen LogP contribution is 2.20. The van der Waals surface area contributed by atoms with E-state index in [4.69, 9.17) is 5.73 Å². The third kappa shape index (κ3) is 2.73. The molecule has 17 heavy (non-hydrogen) atoms. The molecule has 4 heteroatoms. The minimum atomic E-state index is -0.0316. The fourth-order valence-electron chi connectivity index (χ4n) is 2.22. The van der Waals surface area contributed by atoms with Gasteiger partial charge in [-0.15, -0.1) is 0 Å². The fourth-order valence-corrected chi connectivity index (χ4v) is 2.22. The normalized spacial score (nSPS) is 11.7. The summed E-state index contributed by atoms with van der Waals surface area (Å²) in [5.74, 6) is 0.722. The molecule has 0 saturated carbocycles. The van der Waals surface area contributed by atoms with E-state index in [2.05, 4.69) is 39.3 Å². The number of nitrogens with zero attached hydrogens (tertiary/aromatic N) is 2. The average Bonchev–Trinajstić information content (AvgIpc) is 2.43. The summed E-state index contributed by atoms with van der Waals surface area (Å²) < 4.78 is 3.88. The second-order valence-electron chi connectivity index (χ2n) is 5.36. The Morgan fingerprint density at radius 1 is 1.18 bits per heavy atom. The number of nitrogen functional groups attached to an aromatic ring is 1. The first-order valence-electron chi connectivity index (χ1n) is 6.49. The predicted octanol–water partition coefficient (Wildman–Crippen LogP) is 2.42. The van der Waals surface area contributed by atoms with Crippen LogP contribution in [-0.4, -0.2) is 9.36 Å². The molecular formula is C13H25N3O. The van der Waals surface area contributed by atoms with E-state index in [0.717, 1.165) is 25.2 Å². The highest BCUT2D eigenvalue weighted by Gasteiger charge is 2.19. The second-order valence-corrected chi connectivity index (χ2v) is 5.36. The monoisotopic (exact) mass is 239 g/mol. The first kappa shape index (κ1) is 13.9. The Balaban J connectivity index is 3.36. The lowest BCUT2D eigenvalue weighted by atomic mass is 10.1. The van der Waals surface area contributed by atoms with Crippen LogP contribution in [-0.2, 0) is 13.1 Å². The van der Waals surface area contributed by atoms with E-state index >= 15 is 0 Å². The molecule has 1 aromatic rings. The van der Waals surface area contributed by atoms with Crippen LogP contribution >= 0.6 is 0 Å². The van der Waals surface area contributed by atoms with Crippen molar-refractivity contribution in [2.24, 2.45) is 5.92 Å². The van der Waals surface area contributed by atoms with Crippen molar-refractivity contribution in [1.82, 2.24) is 9.36 Å². The van der Waals surface area contributed by atoms with E-state index in [1.165, 1.54) is 0 Å². The maximum absolute atomic E-state index is 12.1. The largest absolute Gasteiger partial charge is 0.393 e. The van der Waals surface area contributed by atoms with Gasteiger partial charge in [-0.1, -0.05) is 34.6 Å². The van der Waals surface area contributed by atoms with Gasteiger partial charge < -0.3 is 5.73 Å². The van der Waals surface area contributed by atoms with Gasteiger partial charge >= 0.3 is 0 Å². The molecule has 1 rings (SSSR count). The van der Waals surface area contributed by atoms with Crippen molar-refractivity contribution in [3.8, 4) is 0 Å². The van der Waals surface area contributed by atoms with E-state index in [-0.39, 0.29) is 11.5 Å². The molecular weight excluding hydrogens is 214 g/mol. The fraction of sp³-hybridized carbons (Fsp3) is 0.769. The van der Waals surface area contributed by atoms with Crippen LogP contribution in [0.15, 0.2) is 4.79 Å². The molecule has 0 bridgehead atoms. The van der Waals surface area contributed by atoms with Crippen molar-refractivity contribution in [1.29, 1.82) is 0 Å². The second kappa shape index (κ2) is 5.43. The van der Waals surface area contributed by atoms with Gasteiger partial charge in [0.25, 0.3) is 5.56 Å². The summed E-state index contributed by atoms with van der Waals surface area (Å²) in [6, 6.07) is 0. The van der Waals surface area contributed by atoms with Gasteiger partial charge in [-0.2, -0.15) is 0 Å². The molecule has 0 aliphatic rings. The van der Waals surface area contributed by atoms with E-state index in [9.17, 15) is 4.79 Å². The molecule has 4 nitrogen and oxygen atoms in total. The Kier molecular flexibility index (Phi) is 4.43. The van der Waals surface area contributed by atoms with Gasteiger partial charge in [0.15, 0.2) is 0 Å². The van der Waals surface area contributed by atoms with Crippen LogP contribution < -0.4 is 11.3 Å². The summed E-state index contributed by atoms with van der Waals surface area (Å²) in [6.45, 7) is 12.1. The highest BCUT2D eigenvalue weighted by molar-refractivity contribution is 5.43. The van der Waals surface area contributed by atoms with Crippen LogP contribution in [0.5, 0.6) is 0 Å². The van der Waals surface area contributed by atoms with E-state index < -0.39 is 0 Å². The van der Waals surface area contributed by atoms with E-state index in [1.807, 2.05) is 0 Å². The Labute approximate surface area is 103 Å². The lowest BCUT2D eigenvalue weighted by molar-refractivity contribution is 0.374. The Morgan fingerprint density at radius 3 is 2.18 bits per heavy atom. The van der Waals surface area contributed by atoms with Gasteiger partial charge in [-0.3, -0.25) is 9.48 Å². The van der Waals surface area contributed by atoms with Gasteiger partial charge in [0.05, 0.1) is 5.69 Å². The van der Waals surface area contributed by atoms with Crippen LogP contribution in [0, 0.1) is 5.92 Å². The third-order valence-corrected chi connectivity index (χ3v) is 2.83. The van der Waals surface area contributed by atoms with Crippen molar-refractivity contribution in [2.45, 2.75) is 60.0 Å². The van der Waals surface area contributed by atoms with Crippen molar-refractivity contribution in [2.75, 3.05) is 5.73 Å². The third-order valence-electron chi connectivity index (χ3n) is 2.83. The lowest BCUT2D eigenvalue weighted by Crippen LogP contribution is -2.26. The number of aromatic nitrogens is 2. The first-order valence-corrected chi connectivity index (χ1v) is 6.49. The molecule has 1 aromatic heterocycles. The van der Waals surface area contributed by atoms with Crippen molar-refractivity contribution < 1.29 is 0 Å². The zero-order valence-electron chi connectivity index (χ0n) is 11.7. The zero-order valence-corrected chi connectivity index (χ0v) is 11.7. The minimum Gasteiger partial charge on any atom is -0.393 e. The predicted molar refractivity (Wildman–Crippen MR) is 72.3 cm³/mol. The molecule has 0 spiro atoms. The maximum Gasteiger partial charge on any atom is 0.290 e. The summed E-state index contributed by atoms with van der Waals surface area (Å²) in [5, 5.41) is 0. The molecule has 0 atom stereocenters. The number of anilines is 1. The van der Waals surface area contributed by atoms with Crippen LogP contribution in [0.2, 0.25) is 0 Å². The lowest BCUT2D eigenvalue weighted by Gasteiger charge is -2.17. The Hall–Kier alpha value is -1.19. The van der Waals surface area contributed by atoms with Gasteiger partial charge in [0.1, 0.15) is 5.69 Å². The molecule has 0 fully saturated rings. The van der Waals surface area contributed by atoms with Crippen molar-refractivity contribution in [3.05, 3.63) is 16.0 Å². The maximum atomic E-state index is 12.1. The minimum absolute atomic E-state index is 0.0316. The average molecular weight is 239 g/mol. The van der Waals surface area contributed by atoms with Gasteiger partial charge in [-0.05, 0) is 18.3 Å². The van der Waals surface area contributed by atoms with Crippen molar-refractivity contribution >= 4 is 5.69 Å². The SMILES string of the molecule is CCCn1c(C(C)C)c(N)c(=O)n1CC(C)C. The summed E-state index contributed by atoms with van der Waals surface area (Å²) >= 11 is 0. The molecule has 0 unspecified atom stereocenters. The summed E-state index contributed by atoms with van der Waals surface area (Å²) in [7, 11) is 0.